The van der Waals surface area contributed by atoms with Gasteiger partial charge in [0.15, 0.2) is 0 Å². The van der Waals surface area contributed by atoms with Gasteiger partial charge in [0.25, 0.3) is 11.7 Å². The zero-order chi connectivity index (χ0) is 22.8. The summed E-state index contributed by atoms with van der Waals surface area (Å²) in [7, 11) is 2.73. The summed E-state index contributed by atoms with van der Waals surface area (Å²) >= 11 is 0. The quantitative estimate of drug-likeness (QED) is 0.283. The van der Waals surface area contributed by atoms with Crippen molar-refractivity contribution >= 4 is 29.1 Å². The van der Waals surface area contributed by atoms with Crippen LogP contribution in [0.25, 0.3) is 5.76 Å². The molecule has 1 fully saturated rings. The molecule has 0 saturated carbocycles. The normalized spacial score (nSPS) is 17.4. The molecule has 4 rings (SSSR count). The first-order valence-electron chi connectivity index (χ1n) is 9.63. The van der Waals surface area contributed by atoms with E-state index in [1.807, 2.05) is 0 Å². The Morgan fingerprint density at radius 1 is 1.00 bits per heavy atom. The molecular formula is C24H19NO7. The molecule has 1 aromatic heterocycles. The topological polar surface area (TPSA) is 106 Å². The molecule has 32 heavy (non-hydrogen) atoms. The van der Waals surface area contributed by atoms with Crippen molar-refractivity contribution < 1.29 is 33.4 Å². The second-order valence-electron chi connectivity index (χ2n) is 6.96. The maximum absolute atomic E-state index is 13.1. The second kappa shape index (κ2) is 8.43. The Morgan fingerprint density at radius 3 is 2.44 bits per heavy atom. The Kier molecular flexibility index (Phi) is 5.51. The third-order valence-corrected chi connectivity index (χ3v) is 5.15. The van der Waals surface area contributed by atoms with Crippen LogP contribution in [0.3, 0.4) is 0 Å². The molecule has 0 bridgehead atoms. The summed E-state index contributed by atoms with van der Waals surface area (Å²) in [5, 5.41) is 11.1. The molecule has 3 aromatic rings. The van der Waals surface area contributed by atoms with Gasteiger partial charge in [0.05, 0.1) is 31.6 Å². The summed E-state index contributed by atoms with van der Waals surface area (Å²) < 4.78 is 15.5. The van der Waals surface area contributed by atoms with Crippen molar-refractivity contribution in [1.29, 1.82) is 0 Å². The standard InChI is InChI=1S/C24H19NO7/c1-30-17-9-4-6-14(13-17)21(26)19-20(18-10-5-11-32-18)25(23(28)22(19)27)16-8-3-7-15(12-16)24(29)31-2/h3-13,20,26H,1-2H3/b21-19-. The van der Waals surface area contributed by atoms with Crippen molar-refractivity contribution in [2.24, 2.45) is 0 Å². The maximum atomic E-state index is 13.1. The number of aliphatic hydroxyl groups excluding tert-OH is 1. The molecule has 2 aromatic carbocycles. The van der Waals surface area contributed by atoms with E-state index in [0.29, 0.717) is 11.3 Å². The number of carbonyl (C=O) groups excluding carboxylic acids is 3. The number of benzene rings is 2. The highest BCUT2D eigenvalue weighted by Crippen LogP contribution is 2.42. The number of methoxy groups -OCH3 is 2. The molecule has 1 aliphatic heterocycles. The predicted octanol–water partition coefficient (Wildman–Crippen LogP) is 3.70. The highest BCUT2D eigenvalue weighted by atomic mass is 16.5. The number of ether oxygens (including phenoxy) is 2. The van der Waals surface area contributed by atoms with Gasteiger partial charge in [-0.15, -0.1) is 0 Å². The van der Waals surface area contributed by atoms with Crippen LogP contribution in [-0.4, -0.2) is 37.0 Å². The number of carbonyl (C=O) groups is 3. The number of furan rings is 1. The molecule has 0 radical (unpaired) electrons. The summed E-state index contributed by atoms with van der Waals surface area (Å²) in [5.74, 6) is -1.95. The second-order valence-corrected chi connectivity index (χ2v) is 6.96. The number of anilines is 1. The van der Waals surface area contributed by atoms with Crippen LogP contribution in [0.4, 0.5) is 5.69 Å². The van der Waals surface area contributed by atoms with E-state index in [0.717, 1.165) is 0 Å². The van der Waals surface area contributed by atoms with Crippen LogP contribution in [0, 0.1) is 0 Å². The number of aliphatic hydroxyl groups is 1. The zero-order valence-corrected chi connectivity index (χ0v) is 17.3. The number of rotatable bonds is 5. The molecule has 162 valence electrons. The molecule has 8 nitrogen and oxygen atoms in total. The Balaban J connectivity index is 1.90. The minimum Gasteiger partial charge on any atom is -0.507 e. The van der Waals surface area contributed by atoms with Crippen LogP contribution in [-0.2, 0) is 14.3 Å². The number of hydrogen-bond acceptors (Lipinski definition) is 7. The van der Waals surface area contributed by atoms with Crippen LogP contribution < -0.4 is 9.64 Å². The van der Waals surface area contributed by atoms with Crippen molar-refractivity contribution in [1.82, 2.24) is 0 Å². The van der Waals surface area contributed by atoms with Crippen molar-refractivity contribution in [3.63, 3.8) is 0 Å². The van der Waals surface area contributed by atoms with Crippen molar-refractivity contribution in [3.05, 3.63) is 89.4 Å². The van der Waals surface area contributed by atoms with Crippen molar-refractivity contribution in [2.45, 2.75) is 6.04 Å². The molecule has 0 spiro atoms. The average Bonchev–Trinajstić information content (AvgIpc) is 3.45. The van der Waals surface area contributed by atoms with Gasteiger partial charge in [-0.25, -0.2) is 4.79 Å². The zero-order valence-electron chi connectivity index (χ0n) is 17.3. The van der Waals surface area contributed by atoms with Crippen LogP contribution in [0.1, 0.15) is 27.7 Å². The van der Waals surface area contributed by atoms with Crippen molar-refractivity contribution in [2.75, 3.05) is 19.1 Å². The van der Waals surface area contributed by atoms with Crippen LogP contribution >= 0.6 is 0 Å². The lowest BCUT2D eigenvalue weighted by Gasteiger charge is -2.23. The SMILES string of the molecule is COC(=O)c1cccc(N2C(=O)C(=O)/C(=C(\O)c3cccc(OC)c3)C2c2ccco2)c1. The first kappa shape index (κ1) is 20.9. The van der Waals surface area contributed by atoms with E-state index in [1.54, 1.807) is 48.5 Å². The average molecular weight is 433 g/mol. The number of esters is 1. The predicted molar refractivity (Wildman–Crippen MR) is 114 cm³/mol. The number of amides is 1. The minimum atomic E-state index is -1.04. The number of nitrogens with zero attached hydrogens (tertiary/aromatic N) is 1. The van der Waals surface area contributed by atoms with Gasteiger partial charge in [0.1, 0.15) is 23.3 Å². The maximum Gasteiger partial charge on any atom is 0.337 e. The van der Waals surface area contributed by atoms with E-state index >= 15 is 0 Å². The third-order valence-electron chi connectivity index (χ3n) is 5.15. The van der Waals surface area contributed by atoms with Gasteiger partial charge in [-0.2, -0.15) is 0 Å². The Morgan fingerprint density at radius 2 is 1.75 bits per heavy atom. The van der Waals surface area contributed by atoms with E-state index in [9.17, 15) is 19.5 Å². The fourth-order valence-electron chi connectivity index (χ4n) is 3.64. The molecular weight excluding hydrogens is 414 g/mol. The highest BCUT2D eigenvalue weighted by molar-refractivity contribution is 6.51. The van der Waals surface area contributed by atoms with Gasteiger partial charge >= 0.3 is 5.97 Å². The van der Waals surface area contributed by atoms with Gasteiger partial charge in [-0.3, -0.25) is 14.5 Å². The largest absolute Gasteiger partial charge is 0.507 e. The third kappa shape index (κ3) is 3.51. The van der Waals surface area contributed by atoms with Crippen LogP contribution in [0.2, 0.25) is 0 Å². The lowest BCUT2D eigenvalue weighted by atomic mass is 9.99. The fraction of sp³-hybridized carbons (Fsp3) is 0.125. The number of Topliss-reactive ketones (excluding diaryl/α,β-unsaturated/α-hetero) is 1. The van der Waals surface area contributed by atoms with Gasteiger partial charge < -0.3 is 19.0 Å². The van der Waals surface area contributed by atoms with E-state index in [4.69, 9.17) is 13.9 Å². The van der Waals surface area contributed by atoms with Gasteiger partial charge in [-0.1, -0.05) is 18.2 Å². The molecule has 1 saturated heterocycles. The Labute approximate surface area is 183 Å². The van der Waals surface area contributed by atoms with Crippen LogP contribution in [0.5, 0.6) is 5.75 Å². The van der Waals surface area contributed by atoms with Gasteiger partial charge in [0.2, 0.25) is 0 Å². The summed E-state index contributed by atoms with van der Waals surface area (Å²) in [6.07, 6.45) is 1.41. The summed E-state index contributed by atoms with van der Waals surface area (Å²) in [5.41, 5.74) is 0.655. The summed E-state index contributed by atoms with van der Waals surface area (Å²) in [6, 6.07) is 14.8. The Hall–Kier alpha value is -4.33. The van der Waals surface area contributed by atoms with E-state index in [-0.39, 0.29) is 28.3 Å². The van der Waals surface area contributed by atoms with E-state index in [2.05, 4.69) is 0 Å². The summed E-state index contributed by atoms with van der Waals surface area (Å²) in [4.78, 5) is 39.3. The molecule has 1 N–H and O–H groups in total. The van der Waals surface area contributed by atoms with E-state index < -0.39 is 23.7 Å². The number of hydrogen-bond donors (Lipinski definition) is 1. The fourth-order valence-corrected chi connectivity index (χ4v) is 3.64. The lowest BCUT2D eigenvalue weighted by Crippen LogP contribution is -2.29. The smallest absolute Gasteiger partial charge is 0.337 e. The first-order chi connectivity index (χ1) is 15.5. The van der Waals surface area contributed by atoms with Gasteiger partial charge in [-0.05, 0) is 42.5 Å². The lowest BCUT2D eigenvalue weighted by molar-refractivity contribution is -0.132. The monoisotopic (exact) mass is 433 g/mol. The highest BCUT2D eigenvalue weighted by Gasteiger charge is 2.48. The molecule has 2 heterocycles. The first-order valence-corrected chi connectivity index (χ1v) is 9.63. The Bertz CT molecular complexity index is 1230. The van der Waals surface area contributed by atoms with E-state index in [1.165, 1.54) is 37.5 Å². The van der Waals surface area contributed by atoms with Gasteiger partial charge in [0, 0.05) is 11.3 Å². The molecule has 1 aliphatic rings. The molecule has 1 amide bonds. The molecule has 0 aliphatic carbocycles. The number of ketones is 1. The molecule has 1 unspecified atom stereocenters. The van der Waals surface area contributed by atoms with Crippen molar-refractivity contribution in [3.8, 4) is 5.75 Å². The minimum absolute atomic E-state index is 0.137. The molecule has 1 atom stereocenters. The molecule has 8 heteroatoms. The van der Waals surface area contributed by atoms with Crippen LogP contribution in [0.15, 0.2) is 76.9 Å². The summed E-state index contributed by atoms with van der Waals surface area (Å²) in [6.45, 7) is 0.